The lowest BCUT2D eigenvalue weighted by Crippen LogP contribution is -2.52. The molecule has 6 heteroatoms. The molecule has 1 amide bonds. The van der Waals surface area contributed by atoms with Gasteiger partial charge in [0.15, 0.2) is 9.84 Å². The van der Waals surface area contributed by atoms with Gasteiger partial charge < -0.3 is 4.90 Å². The number of amides is 1. The Morgan fingerprint density at radius 2 is 1.72 bits per heavy atom. The first-order chi connectivity index (χ1) is 8.07. The summed E-state index contributed by atoms with van der Waals surface area (Å²) in [5.41, 5.74) is 0. The average molecular weight is 275 g/mol. The van der Waals surface area contributed by atoms with Crippen molar-refractivity contribution in [1.29, 1.82) is 0 Å². The molecule has 0 unspecified atom stereocenters. The summed E-state index contributed by atoms with van der Waals surface area (Å²) < 4.78 is 21.9. The summed E-state index contributed by atoms with van der Waals surface area (Å²) in [5.74, 6) is -0.182. The third kappa shape index (κ3) is 2.91. The molecule has 18 heavy (non-hydrogen) atoms. The zero-order chi connectivity index (χ0) is 14.1. The van der Waals surface area contributed by atoms with Crippen molar-refractivity contribution in [3.63, 3.8) is 0 Å². The number of hydrogen-bond donors (Lipinski definition) is 0. The Bertz CT molecular complexity index is 443. The molecule has 0 aromatic carbocycles. The molecule has 0 aromatic rings. The molecule has 1 aliphatic rings. The second kappa shape index (κ2) is 4.99. The lowest BCUT2D eigenvalue weighted by molar-refractivity contribution is -0.136. The van der Waals surface area contributed by atoms with Gasteiger partial charge in [-0.1, -0.05) is 0 Å². The maximum Gasteiger partial charge on any atom is 0.243 e. The molecule has 0 heterocycles. The quantitative estimate of drug-likeness (QED) is 0.763. The first-order valence-electron chi connectivity index (χ1n) is 6.06. The van der Waals surface area contributed by atoms with Crippen LogP contribution in [-0.4, -0.2) is 49.1 Å². The highest BCUT2D eigenvalue weighted by atomic mass is 32.2. The summed E-state index contributed by atoms with van der Waals surface area (Å²) in [6, 6.07) is -0.0313. The molecule has 5 nitrogen and oxygen atoms in total. The summed E-state index contributed by atoms with van der Waals surface area (Å²) in [6.45, 7) is 2.85. The first kappa shape index (κ1) is 15.1. The summed E-state index contributed by atoms with van der Waals surface area (Å²) in [6.07, 6.45) is 3.27. The van der Waals surface area contributed by atoms with E-state index in [-0.39, 0.29) is 11.8 Å². The standard InChI is InChI=1S/C12H21NO4S/c1-12(2,18(4,16)17)11(15)13(3)9-5-7-10(14)8-6-9/h9H,5-8H2,1-4H3. The van der Waals surface area contributed by atoms with Gasteiger partial charge in [0, 0.05) is 32.2 Å². The Labute approximate surface area is 108 Å². The fourth-order valence-electron chi connectivity index (χ4n) is 2.06. The Hall–Kier alpha value is -0.910. The van der Waals surface area contributed by atoms with Crippen LogP contribution in [0.5, 0.6) is 0 Å². The lowest BCUT2D eigenvalue weighted by atomic mass is 9.93. The minimum Gasteiger partial charge on any atom is -0.341 e. The van der Waals surface area contributed by atoms with E-state index in [1.54, 1.807) is 7.05 Å². The molecule has 0 radical (unpaired) electrons. The van der Waals surface area contributed by atoms with Crippen molar-refractivity contribution >= 4 is 21.5 Å². The molecule has 0 atom stereocenters. The van der Waals surface area contributed by atoms with E-state index in [4.69, 9.17) is 0 Å². The van der Waals surface area contributed by atoms with E-state index in [9.17, 15) is 18.0 Å². The minimum atomic E-state index is -3.45. The van der Waals surface area contributed by atoms with Crippen LogP contribution in [0.15, 0.2) is 0 Å². The molecule has 0 saturated heterocycles. The van der Waals surface area contributed by atoms with Gasteiger partial charge in [0.2, 0.25) is 5.91 Å². The van der Waals surface area contributed by atoms with Crippen molar-refractivity contribution in [3.05, 3.63) is 0 Å². The van der Waals surface area contributed by atoms with Gasteiger partial charge in [-0.3, -0.25) is 9.59 Å². The molecule has 1 saturated carbocycles. The monoisotopic (exact) mass is 275 g/mol. The van der Waals surface area contributed by atoms with Gasteiger partial charge in [0.05, 0.1) is 0 Å². The second-order valence-electron chi connectivity index (χ2n) is 5.47. The third-order valence-electron chi connectivity index (χ3n) is 3.82. The maximum absolute atomic E-state index is 12.3. The summed E-state index contributed by atoms with van der Waals surface area (Å²) in [5, 5.41) is 0. The maximum atomic E-state index is 12.3. The van der Waals surface area contributed by atoms with E-state index >= 15 is 0 Å². The zero-order valence-electron chi connectivity index (χ0n) is 11.4. The molecule has 0 aromatic heterocycles. The third-order valence-corrected chi connectivity index (χ3v) is 5.85. The number of ketones is 1. The van der Waals surface area contributed by atoms with E-state index in [1.165, 1.54) is 18.7 Å². The Morgan fingerprint density at radius 3 is 2.11 bits per heavy atom. The van der Waals surface area contributed by atoms with Crippen LogP contribution >= 0.6 is 0 Å². The number of carbonyl (C=O) groups excluding carboxylic acids is 2. The SMILES string of the molecule is CN(C(=O)C(C)(C)S(C)(=O)=O)C1CCC(=O)CC1. The highest BCUT2D eigenvalue weighted by Crippen LogP contribution is 2.24. The van der Waals surface area contributed by atoms with Crippen LogP contribution in [0.2, 0.25) is 0 Å². The molecular weight excluding hydrogens is 254 g/mol. The van der Waals surface area contributed by atoms with E-state index in [0.717, 1.165) is 6.26 Å². The van der Waals surface area contributed by atoms with Crippen molar-refractivity contribution in [2.45, 2.75) is 50.3 Å². The number of hydrogen-bond acceptors (Lipinski definition) is 4. The van der Waals surface area contributed by atoms with Crippen molar-refractivity contribution < 1.29 is 18.0 Å². The molecular formula is C12H21NO4S. The average Bonchev–Trinajstić information content (AvgIpc) is 2.26. The number of rotatable bonds is 3. The first-order valence-corrected chi connectivity index (χ1v) is 7.95. The van der Waals surface area contributed by atoms with Gasteiger partial charge >= 0.3 is 0 Å². The fraction of sp³-hybridized carbons (Fsp3) is 0.833. The zero-order valence-corrected chi connectivity index (χ0v) is 12.2. The second-order valence-corrected chi connectivity index (χ2v) is 8.03. The topological polar surface area (TPSA) is 71.5 Å². The van der Waals surface area contributed by atoms with E-state index in [2.05, 4.69) is 0 Å². The van der Waals surface area contributed by atoms with Crippen LogP contribution in [0.4, 0.5) is 0 Å². The van der Waals surface area contributed by atoms with Gasteiger partial charge in [-0.05, 0) is 26.7 Å². The highest BCUT2D eigenvalue weighted by Gasteiger charge is 2.42. The van der Waals surface area contributed by atoms with Crippen LogP contribution < -0.4 is 0 Å². The van der Waals surface area contributed by atoms with Gasteiger partial charge in [0.1, 0.15) is 10.5 Å². The molecule has 1 aliphatic carbocycles. The van der Waals surface area contributed by atoms with E-state index < -0.39 is 20.5 Å². The Morgan fingerprint density at radius 1 is 1.28 bits per heavy atom. The van der Waals surface area contributed by atoms with E-state index in [1.807, 2.05) is 0 Å². The largest absolute Gasteiger partial charge is 0.341 e. The molecule has 0 spiro atoms. The van der Waals surface area contributed by atoms with Crippen LogP contribution in [0, 0.1) is 0 Å². The molecule has 0 bridgehead atoms. The highest BCUT2D eigenvalue weighted by molar-refractivity contribution is 7.92. The lowest BCUT2D eigenvalue weighted by Gasteiger charge is -2.35. The molecule has 1 fully saturated rings. The fourth-order valence-corrected chi connectivity index (χ4v) is 2.52. The Kier molecular flexibility index (Phi) is 4.20. The van der Waals surface area contributed by atoms with Gasteiger partial charge in [-0.15, -0.1) is 0 Å². The van der Waals surface area contributed by atoms with Gasteiger partial charge in [0.25, 0.3) is 0 Å². The number of carbonyl (C=O) groups is 2. The Balaban J connectivity index is 2.82. The minimum absolute atomic E-state index is 0.0313. The van der Waals surface area contributed by atoms with E-state index in [0.29, 0.717) is 25.7 Å². The van der Waals surface area contributed by atoms with Crippen LogP contribution in [0.1, 0.15) is 39.5 Å². The predicted octanol–water partition coefficient (Wildman–Crippen LogP) is 0.780. The van der Waals surface area contributed by atoms with Crippen molar-refractivity contribution in [2.24, 2.45) is 0 Å². The van der Waals surface area contributed by atoms with Crippen LogP contribution in [0.25, 0.3) is 0 Å². The van der Waals surface area contributed by atoms with Crippen molar-refractivity contribution in [1.82, 2.24) is 4.90 Å². The number of sulfone groups is 1. The molecule has 1 rings (SSSR count). The molecule has 0 aliphatic heterocycles. The smallest absolute Gasteiger partial charge is 0.243 e. The van der Waals surface area contributed by atoms with Crippen molar-refractivity contribution in [2.75, 3.05) is 13.3 Å². The summed E-state index contributed by atoms with van der Waals surface area (Å²) >= 11 is 0. The van der Waals surface area contributed by atoms with Gasteiger partial charge in [-0.25, -0.2) is 8.42 Å². The number of nitrogens with zero attached hydrogens (tertiary/aromatic N) is 1. The molecule has 0 N–H and O–H groups in total. The van der Waals surface area contributed by atoms with Crippen molar-refractivity contribution in [3.8, 4) is 0 Å². The normalized spacial score (nSPS) is 18.8. The summed E-state index contributed by atoms with van der Waals surface area (Å²) in [7, 11) is -1.83. The van der Waals surface area contributed by atoms with Crippen LogP contribution in [-0.2, 0) is 19.4 Å². The summed E-state index contributed by atoms with van der Waals surface area (Å²) in [4.78, 5) is 24.9. The predicted molar refractivity (Wildman–Crippen MR) is 69.0 cm³/mol. The molecule has 104 valence electrons. The number of Topliss-reactive ketones (excluding diaryl/α,β-unsaturated/α-hetero) is 1. The van der Waals surface area contributed by atoms with Gasteiger partial charge in [-0.2, -0.15) is 0 Å². The van der Waals surface area contributed by atoms with Crippen LogP contribution in [0.3, 0.4) is 0 Å².